The lowest BCUT2D eigenvalue weighted by Gasteiger charge is -2.32. The zero-order valence-corrected chi connectivity index (χ0v) is 15.7. The highest BCUT2D eigenvalue weighted by molar-refractivity contribution is 6.62. The molecule has 2 aromatic rings. The number of carbonyl (C=O) groups excluding carboxylic acids is 1. The van der Waals surface area contributed by atoms with Crippen LogP contribution in [0.3, 0.4) is 0 Å². The summed E-state index contributed by atoms with van der Waals surface area (Å²) in [7, 11) is -0.372. The zero-order chi connectivity index (χ0) is 18.8. The summed E-state index contributed by atoms with van der Waals surface area (Å²) in [5.74, 6) is 0. The Hall–Kier alpha value is -2.31. The quantitative estimate of drug-likeness (QED) is 0.830. The van der Waals surface area contributed by atoms with Crippen LogP contribution in [0, 0.1) is 0 Å². The van der Waals surface area contributed by atoms with Gasteiger partial charge >= 0.3 is 13.1 Å². The average Bonchev–Trinajstić information content (AvgIpc) is 2.82. The topological polar surface area (TPSA) is 59.6 Å². The number of amides is 2. The monoisotopic (exact) mass is 352 g/mol. The number of carbonyl (C=O) groups is 1. The molecule has 2 aromatic carbocycles. The summed E-state index contributed by atoms with van der Waals surface area (Å²) in [6.07, 6.45) is 0. The number of nitrogens with one attached hydrogen (secondary N) is 2. The lowest BCUT2D eigenvalue weighted by atomic mass is 9.79. The molecule has 1 aliphatic heterocycles. The molecule has 0 bridgehead atoms. The molecule has 0 aromatic heterocycles. The van der Waals surface area contributed by atoms with E-state index < -0.39 is 0 Å². The third-order valence-electron chi connectivity index (χ3n) is 4.99. The van der Waals surface area contributed by atoms with Crippen LogP contribution in [0.1, 0.15) is 33.3 Å². The number of hydrogen-bond donors (Lipinski definition) is 2. The highest BCUT2D eigenvalue weighted by atomic mass is 16.7. The Kier molecular flexibility index (Phi) is 5.07. The van der Waals surface area contributed by atoms with Gasteiger partial charge in [-0.25, -0.2) is 4.79 Å². The Bertz CT molecular complexity index is 744. The van der Waals surface area contributed by atoms with Crippen LogP contribution in [0.15, 0.2) is 54.6 Å². The molecule has 2 N–H and O–H groups in total. The maximum atomic E-state index is 11.9. The van der Waals surface area contributed by atoms with E-state index in [1.165, 1.54) is 0 Å². The van der Waals surface area contributed by atoms with Gasteiger partial charge in [-0.3, -0.25) is 0 Å². The van der Waals surface area contributed by atoms with Gasteiger partial charge in [0, 0.05) is 12.2 Å². The second-order valence-electron chi connectivity index (χ2n) is 7.50. The molecule has 5 nitrogen and oxygen atoms in total. The predicted octanol–water partition coefficient (Wildman–Crippen LogP) is 3.31. The molecule has 0 spiro atoms. The number of anilines is 1. The van der Waals surface area contributed by atoms with Gasteiger partial charge in [-0.2, -0.15) is 0 Å². The number of hydrogen-bond acceptors (Lipinski definition) is 3. The molecule has 0 radical (unpaired) electrons. The van der Waals surface area contributed by atoms with Crippen LogP contribution >= 0.6 is 0 Å². The van der Waals surface area contributed by atoms with Crippen molar-refractivity contribution < 1.29 is 14.1 Å². The first kappa shape index (κ1) is 18.5. The van der Waals surface area contributed by atoms with Gasteiger partial charge in [0.15, 0.2) is 0 Å². The fraction of sp³-hybridized carbons (Fsp3) is 0.350. The molecule has 2 amide bonds. The summed E-state index contributed by atoms with van der Waals surface area (Å²) >= 11 is 0. The number of rotatable bonds is 4. The van der Waals surface area contributed by atoms with E-state index in [4.69, 9.17) is 9.31 Å². The summed E-state index contributed by atoms with van der Waals surface area (Å²) in [5, 5.41) is 5.65. The molecule has 1 aliphatic rings. The zero-order valence-electron chi connectivity index (χ0n) is 15.7. The number of benzene rings is 2. The third kappa shape index (κ3) is 4.08. The van der Waals surface area contributed by atoms with Gasteiger partial charge < -0.3 is 19.9 Å². The van der Waals surface area contributed by atoms with Crippen LogP contribution in [0.5, 0.6) is 0 Å². The van der Waals surface area contributed by atoms with Gasteiger partial charge in [0.05, 0.1) is 11.2 Å². The van der Waals surface area contributed by atoms with Crippen LogP contribution in [-0.2, 0) is 15.9 Å². The smallest absolute Gasteiger partial charge is 0.399 e. The minimum Gasteiger partial charge on any atom is -0.399 e. The number of para-hydroxylation sites is 1. The summed E-state index contributed by atoms with van der Waals surface area (Å²) in [4.78, 5) is 11.9. The lowest BCUT2D eigenvalue weighted by molar-refractivity contribution is 0.00578. The lowest BCUT2D eigenvalue weighted by Crippen LogP contribution is -2.41. The Morgan fingerprint density at radius 1 is 0.923 bits per heavy atom. The molecule has 1 fully saturated rings. The molecule has 26 heavy (non-hydrogen) atoms. The van der Waals surface area contributed by atoms with Gasteiger partial charge in [0.1, 0.15) is 0 Å². The van der Waals surface area contributed by atoms with Crippen molar-refractivity contribution in [1.82, 2.24) is 5.32 Å². The van der Waals surface area contributed by atoms with Gasteiger partial charge in [-0.1, -0.05) is 42.5 Å². The van der Waals surface area contributed by atoms with Crippen LogP contribution in [0.2, 0.25) is 0 Å². The highest BCUT2D eigenvalue weighted by Gasteiger charge is 2.51. The van der Waals surface area contributed by atoms with Gasteiger partial charge in [-0.05, 0) is 50.9 Å². The van der Waals surface area contributed by atoms with Crippen LogP contribution in [0.25, 0.3) is 0 Å². The fourth-order valence-electron chi connectivity index (χ4n) is 2.65. The van der Waals surface area contributed by atoms with Crippen molar-refractivity contribution in [3.05, 3.63) is 60.2 Å². The van der Waals surface area contributed by atoms with Crippen LogP contribution in [0.4, 0.5) is 10.5 Å². The first-order chi connectivity index (χ1) is 12.3. The second kappa shape index (κ2) is 7.13. The van der Waals surface area contributed by atoms with E-state index in [1.54, 1.807) is 0 Å². The predicted molar refractivity (Wildman–Crippen MR) is 104 cm³/mol. The molecule has 1 saturated heterocycles. The summed E-state index contributed by atoms with van der Waals surface area (Å²) < 4.78 is 12.1. The Balaban J connectivity index is 1.54. The minimum absolute atomic E-state index is 0.230. The Morgan fingerprint density at radius 3 is 2.08 bits per heavy atom. The number of urea groups is 1. The molecule has 1 heterocycles. The molecule has 0 unspecified atom stereocenters. The van der Waals surface area contributed by atoms with Crippen molar-refractivity contribution in [1.29, 1.82) is 0 Å². The summed E-state index contributed by atoms with van der Waals surface area (Å²) in [6.45, 7) is 8.60. The van der Waals surface area contributed by atoms with Crippen molar-refractivity contribution in [2.24, 2.45) is 0 Å². The average molecular weight is 352 g/mol. The first-order valence-corrected chi connectivity index (χ1v) is 8.81. The van der Waals surface area contributed by atoms with Gasteiger partial charge in [0.25, 0.3) is 0 Å². The first-order valence-electron chi connectivity index (χ1n) is 8.81. The maximum absolute atomic E-state index is 11.9. The van der Waals surface area contributed by atoms with Crippen molar-refractivity contribution in [2.75, 3.05) is 5.32 Å². The maximum Gasteiger partial charge on any atom is 0.494 e. The van der Waals surface area contributed by atoms with Crippen LogP contribution < -0.4 is 16.1 Å². The molecule has 0 aliphatic carbocycles. The van der Waals surface area contributed by atoms with Crippen molar-refractivity contribution in [2.45, 2.75) is 45.4 Å². The summed E-state index contributed by atoms with van der Waals surface area (Å²) in [6, 6.07) is 17.0. The Morgan fingerprint density at radius 2 is 1.50 bits per heavy atom. The SMILES string of the molecule is CC1(C)OB(c2ccc(CNC(=O)Nc3ccccc3)cc2)OC1(C)C. The molecule has 6 heteroatoms. The largest absolute Gasteiger partial charge is 0.494 e. The van der Waals surface area contributed by atoms with Crippen molar-refractivity contribution in [3.8, 4) is 0 Å². The van der Waals surface area contributed by atoms with E-state index in [-0.39, 0.29) is 24.4 Å². The fourth-order valence-corrected chi connectivity index (χ4v) is 2.65. The van der Waals surface area contributed by atoms with E-state index in [2.05, 4.69) is 10.6 Å². The third-order valence-corrected chi connectivity index (χ3v) is 4.99. The standard InChI is InChI=1S/C20H25BN2O3/c1-19(2)20(3,4)26-21(25-19)16-12-10-15(11-13-16)14-22-18(24)23-17-8-6-5-7-9-17/h5-13H,14H2,1-4H3,(H2,22,23,24). The molecule has 136 valence electrons. The Labute approximate surface area is 155 Å². The minimum atomic E-state index is -0.372. The summed E-state index contributed by atoms with van der Waals surface area (Å²) in [5.41, 5.74) is 2.04. The second-order valence-corrected chi connectivity index (χ2v) is 7.50. The van der Waals surface area contributed by atoms with E-state index >= 15 is 0 Å². The molecular weight excluding hydrogens is 327 g/mol. The van der Waals surface area contributed by atoms with Crippen molar-refractivity contribution >= 4 is 24.3 Å². The molecule has 0 saturated carbocycles. The van der Waals surface area contributed by atoms with Crippen LogP contribution in [-0.4, -0.2) is 24.4 Å². The van der Waals surface area contributed by atoms with Crippen molar-refractivity contribution in [3.63, 3.8) is 0 Å². The normalized spacial score (nSPS) is 17.8. The van der Waals surface area contributed by atoms with Gasteiger partial charge in [-0.15, -0.1) is 0 Å². The van der Waals surface area contributed by atoms with E-state index in [0.717, 1.165) is 16.7 Å². The van der Waals surface area contributed by atoms with E-state index in [9.17, 15) is 4.79 Å². The van der Waals surface area contributed by atoms with E-state index in [0.29, 0.717) is 6.54 Å². The molecule has 3 rings (SSSR count). The molecule has 0 atom stereocenters. The highest BCUT2D eigenvalue weighted by Crippen LogP contribution is 2.36. The van der Waals surface area contributed by atoms with E-state index in [1.807, 2.05) is 82.3 Å². The van der Waals surface area contributed by atoms with Gasteiger partial charge in [0.2, 0.25) is 0 Å². The molecular formula is C20H25BN2O3.